The van der Waals surface area contributed by atoms with Crippen molar-refractivity contribution in [2.75, 3.05) is 11.9 Å². The zero-order valence-electron chi connectivity index (χ0n) is 10.6. The molecule has 0 saturated carbocycles. The van der Waals surface area contributed by atoms with Crippen LogP contribution in [0.4, 0.5) is 5.82 Å². The zero-order chi connectivity index (χ0) is 14.5. The van der Waals surface area contributed by atoms with Gasteiger partial charge >= 0.3 is 0 Å². The van der Waals surface area contributed by atoms with Crippen LogP contribution in [0.1, 0.15) is 5.69 Å². The Balaban J connectivity index is 1.94. The second kappa shape index (κ2) is 6.21. The number of H-pyrrole nitrogens is 1. The molecule has 7 heteroatoms. The van der Waals surface area contributed by atoms with Gasteiger partial charge in [0.15, 0.2) is 12.4 Å². The highest BCUT2D eigenvalue weighted by Crippen LogP contribution is 2.11. The average Bonchev–Trinajstić information content (AvgIpc) is 2.37. The first-order valence-electron chi connectivity index (χ1n) is 5.78. The van der Waals surface area contributed by atoms with Gasteiger partial charge in [-0.15, -0.1) is 0 Å². The van der Waals surface area contributed by atoms with E-state index in [1.54, 1.807) is 13.0 Å². The molecule has 0 aliphatic rings. The van der Waals surface area contributed by atoms with Gasteiger partial charge in [0, 0.05) is 29.2 Å². The number of halogens is 1. The van der Waals surface area contributed by atoms with Crippen LogP contribution in [0.3, 0.4) is 0 Å². The summed E-state index contributed by atoms with van der Waals surface area (Å²) < 4.78 is 5.14. The molecule has 0 bridgehead atoms. The van der Waals surface area contributed by atoms with Crippen LogP contribution in [0.5, 0.6) is 5.75 Å². The van der Waals surface area contributed by atoms with Crippen molar-refractivity contribution in [1.82, 2.24) is 9.97 Å². The van der Waals surface area contributed by atoms with E-state index >= 15 is 0 Å². The van der Waals surface area contributed by atoms with Gasteiger partial charge in [0.25, 0.3) is 5.91 Å². The number of pyridine rings is 2. The van der Waals surface area contributed by atoms with Gasteiger partial charge in [-0.05, 0) is 19.1 Å². The van der Waals surface area contributed by atoms with Crippen LogP contribution in [0, 0.1) is 6.92 Å². The maximum Gasteiger partial charge on any atom is 0.263 e. The molecule has 6 nitrogen and oxygen atoms in total. The topological polar surface area (TPSA) is 84.1 Å². The summed E-state index contributed by atoms with van der Waals surface area (Å²) in [6.07, 6.45) is 2.89. The fraction of sp³-hybridized carbons (Fsp3) is 0.154. The van der Waals surface area contributed by atoms with Crippen LogP contribution in [0.2, 0.25) is 5.02 Å². The van der Waals surface area contributed by atoms with Crippen LogP contribution < -0.4 is 15.5 Å². The Kier molecular flexibility index (Phi) is 4.37. The number of aromatic amines is 1. The lowest BCUT2D eigenvalue weighted by molar-refractivity contribution is -0.118. The molecule has 0 spiro atoms. The van der Waals surface area contributed by atoms with E-state index in [1.807, 2.05) is 0 Å². The highest BCUT2D eigenvalue weighted by atomic mass is 35.5. The largest absolute Gasteiger partial charge is 0.478 e. The number of rotatable bonds is 4. The first kappa shape index (κ1) is 14.1. The number of amides is 1. The molecule has 0 fully saturated rings. The summed E-state index contributed by atoms with van der Waals surface area (Å²) in [6, 6.07) is 4.50. The van der Waals surface area contributed by atoms with Gasteiger partial charge in [-0.1, -0.05) is 11.6 Å². The molecule has 1 amide bonds. The molecule has 104 valence electrons. The maximum atomic E-state index is 11.6. The van der Waals surface area contributed by atoms with Gasteiger partial charge in [0.1, 0.15) is 5.82 Å². The third-order valence-electron chi connectivity index (χ3n) is 2.37. The summed E-state index contributed by atoms with van der Waals surface area (Å²) in [4.78, 5) is 30.0. The Morgan fingerprint density at radius 1 is 1.50 bits per heavy atom. The quantitative estimate of drug-likeness (QED) is 0.899. The van der Waals surface area contributed by atoms with E-state index in [2.05, 4.69) is 15.3 Å². The maximum absolute atomic E-state index is 11.6. The molecule has 0 aromatic carbocycles. The number of aryl methyl sites for hydroxylation is 1. The second-order valence-electron chi connectivity index (χ2n) is 4.04. The van der Waals surface area contributed by atoms with Crippen molar-refractivity contribution in [3.63, 3.8) is 0 Å². The molecule has 0 atom stereocenters. The average molecular weight is 294 g/mol. The molecular weight excluding hydrogens is 282 g/mol. The van der Waals surface area contributed by atoms with Crippen LogP contribution in [-0.2, 0) is 4.79 Å². The number of nitrogens with zero attached hydrogens (tertiary/aromatic N) is 1. The fourth-order valence-electron chi connectivity index (χ4n) is 1.47. The summed E-state index contributed by atoms with van der Waals surface area (Å²) in [6.45, 7) is 1.46. The third-order valence-corrected chi connectivity index (χ3v) is 2.60. The number of ether oxygens (including phenoxy) is 1. The molecule has 2 N–H and O–H groups in total. The minimum absolute atomic E-state index is 0.0878. The number of nitrogens with one attached hydrogen (secondary N) is 2. The fourth-order valence-corrected chi connectivity index (χ4v) is 1.63. The monoisotopic (exact) mass is 293 g/mol. The van der Waals surface area contributed by atoms with Crippen molar-refractivity contribution in [2.24, 2.45) is 0 Å². The molecule has 2 heterocycles. The number of hydrogen-bond acceptors (Lipinski definition) is 4. The van der Waals surface area contributed by atoms with E-state index in [0.29, 0.717) is 10.8 Å². The van der Waals surface area contributed by atoms with Gasteiger partial charge in [-0.2, -0.15) is 0 Å². The minimum atomic E-state index is -0.431. The molecule has 2 rings (SSSR count). The van der Waals surface area contributed by atoms with Gasteiger partial charge in [-0.3, -0.25) is 9.59 Å². The number of carbonyl (C=O) groups is 1. The Morgan fingerprint density at radius 2 is 2.30 bits per heavy atom. The van der Waals surface area contributed by atoms with Gasteiger partial charge in [0.2, 0.25) is 5.43 Å². The van der Waals surface area contributed by atoms with Crippen molar-refractivity contribution in [3.8, 4) is 5.75 Å². The van der Waals surface area contributed by atoms with Crippen molar-refractivity contribution < 1.29 is 9.53 Å². The van der Waals surface area contributed by atoms with E-state index in [9.17, 15) is 9.59 Å². The summed E-state index contributed by atoms with van der Waals surface area (Å²) in [5, 5.41) is 2.98. The Bertz CT molecular complexity index is 685. The number of carbonyl (C=O) groups excluding carboxylic acids is 1. The normalized spacial score (nSPS) is 10.1. The van der Waals surface area contributed by atoms with Crippen molar-refractivity contribution in [3.05, 3.63) is 51.5 Å². The Hall–Kier alpha value is -2.34. The van der Waals surface area contributed by atoms with E-state index in [4.69, 9.17) is 16.3 Å². The van der Waals surface area contributed by atoms with Crippen LogP contribution in [0.15, 0.2) is 35.4 Å². The van der Waals surface area contributed by atoms with Crippen molar-refractivity contribution >= 4 is 23.3 Å². The number of aromatic nitrogens is 2. The van der Waals surface area contributed by atoms with Crippen LogP contribution in [-0.4, -0.2) is 22.5 Å². The molecule has 0 aliphatic carbocycles. The van der Waals surface area contributed by atoms with Crippen molar-refractivity contribution in [2.45, 2.75) is 6.92 Å². The first-order chi connectivity index (χ1) is 9.54. The molecule has 20 heavy (non-hydrogen) atoms. The molecule has 2 aromatic heterocycles. The summed E-state index contributed by atoms with van der Waals surface area (Å²) in [5.74, 6) is -0.0199. The van der Waals surface area contributed by atoms with E-state index in [0.717, 1.165) is 5.69 Å². The van der Waals surface area contributed by atoms with Crippen molar-refractivity contribution in [1.29, 1.82) is 0 Å². The minimum Gasteiger partial charge on any atom is -0.478 e. The molecule has 0 unspecified atom stereocenters. The SMILES string of the molecule is Cc1cc(=O)c(OCC(=O)Nc2cc(Cl)ccn2)c[nH]1. The number of hydrogen-bond donors (Lipinski definition) is 2. The zero-order valence-corrected chi connectivity index (χ0v) is 11.4. The van der Waals surface area contributed by atoms with Crippen LogP contribution in [0.25, 0.3) is 0 Å². The summed E-state index contributed by atoms with van der Waals surface area (Å²) in [7, 11) is 0. The van der Waals surface area contributed by atoms with E-state index in [1.165, 1.54) is 24.5 Å². The van der Waals surface area contributed by atoms with E-state index < -0.39 is 5.91 Å². The number of anilines is 1. The Labute approximate surface area is 119 Å². The highest BCUT2D eigenvalue weighted by molar-refractivity contribution is 6.30. The smallest absolute Gasteiger partial charge is 0.263 e. The first-order valence-corrected chi connectivity index (χ1v) is 6.16. The molecule has 2 aromatic rings. The van der Waals surface area contributed by atoms with Gasteiger partial charge < -0.3 is 15.0 Å². The lowest BCUT2D eigenvalue weighted by Crippen LogP contribution is -2.22. The summed E-state index contributed by atoms with van der Waals surface area (Å²) in [5.41, 5.74) is 0.435. The highest BCUT2D eigenvalue weighted by Gasteiger charge is 2.07. The van der Waals surface area contributed by atoms with Crippen LogP contribution >= 0.6 is 11.6 Å². The molecule has 0 aliphatic heterocycles. The third kappa shape index (κ3) is 3.83. The second-order valence-corrected chi connectivity index (χ2v) is 4.48. The molecular formula is C13H12ClN3O3. The van der Waals surface area contributed by atoms with E-state index in [-0.39, 0.29) is 17.8 Å². The summed E-state index contributed by atoms with van der Waals surface area (Å²) >= 11 is 5.77. The standard InChI is InChI=1S/C13H12ClN3O3/c1-8-4-10(18)11(6-16-8)20-7-13(19)17-12-5-9(14)2-3-15-12/h2-6H,7H2,1H3,(H,16,18)(H,15,17,19). The van der Waals surface area contributed by atoms with Gasteiger partial charge in [0.05, 0.1) is 0 Å². The van der Waals surface area contributed by atoms with Gasteiger partial charge in [-0.25, -0.2) is 4.98 Å². The Morgan fingerprint density at radius 3 is 3.00 bits per heavy atom. The molecule has 0 radical (unpaired) electrons. The lowest BCUT2D eigenvalue weighted by Gasteiger charge is -2.06. The predicted octanol–water partition coefficient (Wildman–Crippen LogP) is 1.75. The predicted molar refractivity (Wildman–Crippen MR) is 75.2 cm³/mol. The lowest BCUT2D eigenvalue weighted by atomic mass is 10.3. The molecule has 0 saturated heterocycles.